The summed E-state index contributed by atoms with van der Waals surface area (Å²) in [6, 6.07) is 13.1. The van der Waals surface area contributed by atoms with E-state index in [1.54, 1.807) is 6.92 Å². The summed E-state index contributed by atoms with van der Waals surface area (Å²) >= 11 is 0. The maximum absolute atomic E-state index is 12.7. The van der Waals surface area contributed by atoms with Crippen molar-refractivity contribution in [1.29, 1.82) is 0 Å². The van der Waals surface area contributed by atoms with Crippen molar-refractivity contribution in [2.75, 3.05) is 6.54 Å². The molecule has 1 saturated heterocycles. The maximum atomic E-state index is 12.7. The van der Waals surface area contributed by atoms with Gasteiger partial charge in [0.1, 0.15) is 5.75 Å². The fraction of sp³-hybridized carbons (Fsp3) is 0.467. The number of nitrogens with zero attached hydrogens (tertiary/aromatic N) is 2. The fourth-order valence-electron chi connectivity index (χ4n) is 7.84. The van der Waals surface area contributed by atoms with E-state index in [0.29, 0.717) is 0 Å². The number of carbonyl (C=O) groups is 1. The van der Waals surface area contributed by atoms with Crippen molar-refractivity contribution in [3.63, 3.8) is 0 Å². The molecule has 7 rings (SSSR count). The van der Waals surface area contributed by atoms with E-state index in [1.165, 1.54) is 33.2 Å². The van der Waals surface area contributed by atoms with Crippen LogP contribution in [0.25, 0.3) is 10.9 Å². The minimum Gasteiger partial charge on any atom is -0.483 e. The molecule has 2 aliphatic heterocycles. The van der Waals surface area contributed by atoms with Crippen molar-refractivity contribution in [3.8, 4) is 5.75 Å². The Balaban J connectivity index is 0.00000106. The van der Waals surface area contributed by atoms with E-state index < -0.39 is 0 Å². The fourth-order valence-corrected chi connectivity index (χ4v) is 7.84. The van der Waals surface area contributed by atoms with E-state index in [1.807, 2.05) is 13.8 Å². The SMILES string of the molecule is CC.CC(=O)N1CC[C@]23c4c5ccc(C)c4O[C@H]2c2nc4ccccc4c(C)c2C[C@@]3(C)[C@H]1C5. The standard InChI is InChI=1S/C28H28N2O2.C2H6/c1-15-9-10-18-13-22-27(4)14-20-16(2)19-7-5-6-8-21(19)29-24(20)26-28(27,23(18)25(15)32-26)11-12-30(22)17(3)31;1-2/h5-10,22,26H,11-14H2,1-4H3;1-2H3/t22-,26+,27+,28+;/m1./s1. The van der Waals surface area contributed by atoms with Gasteiger partial charge < -0.3 is 9.64 Å². The normalized spacial score (nSPS) is 29.5. The quantitative estimate of drug-likeness (QED) is 0.419. The second-order valence-corrected chi connectivity index (χ2v) is 10.6. The second-order valence-electron chi connectivity index (χ2n) is 10.6. The molecular formula is C30H34N2O2. The lowest BCUT2D eigenvalue weighted by molar-refractivity contribution is -0.149. The van der Waals surface area contributed by atoms with Crippen LogP contribution in [0.4, 0.5) is 0 Å². The number of likely N-dealkylation sites (tertiary alicyclic amines) is 1. The third-order valence-electron chi connectivity index (χ3n) is 9.37. The van der Waals surface area contributed by atoms with Gasteiger partial charge in [0.2, 0.25) is 5.91 Å². The summed E-state index contributed by atoms with van der Waals surface area (Å²) in [5.74, 6) is 1.27. The van der Waals surface area contributed by atoms with E-state index in [4.69, 9.17) is 9.72 Å². The first-order valence-electron chi connectivity index (χ1n) is 12.8. The van der Waals surface area contributed by atoms with E-state index in [-0.39, 0.29) is 28.9 Å². The zero-order chi connectivity index (χ0) is 24.0. The number of amides is 1. The van der Waals surface area contributed by atoms with Crippen LogP contribution in [0.3, 0.4) is 0 Å². The number of ether oxygens (including phenoxy) is 1. The predicted molar refractivity (Wildman–Crippen MR) is 135 cm³/mol. The van der Waals surface area contributed by atoms with Gasteiger partial charge in [-0.25, -0.2) is 4.98 Å². The minimum absolute atomic E-state index is 0.0878. The Morgan fingerprint density at radius 1 is 1.15 bits per heavy atom. The van der Waals surface area contributed by atoms with Crippen LogP contribution in [-0.2, 0) is 23.1 Å². The zero-order valence-corrected chi connectivity index (χ0v) is 21.2. The highest BCUT2D eigenvalue weighted by Gasteiger charge is 2.71. The summed E-state index contributed by atoms with van der Waals surface area (Å²) in [5.41, 5.74) is 8.59. The van der Waals surface area contributed by atoms with Crippen LogP contribution in [0.2, 0.25) is 0 Å². The molecular weight excluding hydrogens is 420 g/mol. The molecule has 0 N–H and O–H groups in total. The molecule has 3 heterocycles. The van der Waals surface area contributed by atoms with Crippen LogP contribution in [0, 0.1) is 19.3 Å². The van der Waals surface area contributed by atoms with Crippen molar-refractivity contribution in [2.45, 2.75) is 78.4 Å². The van der Waals surface area contributed by atoms with Gasteiger partial charge in [0.25, 0.3) is 0 Å². The summed E-state index contributed by atoms with van der Waals surface area (Å²) in [6.07, 6.45) is 2.69. The average Bonchev–Trinajstić information content (AvgIpc) is 3.18. The van der Waals surface area contributed by atoms with Gasteiger partial charge in [-0.15, -0.1) is 0 Å². The highest BCUT2D eigenvalue weighted by Crippen LogP contribution is 2.71. The highest BCUT2D eigenvalue weighted by molar-refractivity contribution is 5.84. The van der Waals surface area contributed by atoms with Crippen molar-refractivity contribution >= 4 is 16.8 Å². The highest BCUT2D eigenvalue weighted by atomic mass is 16.5. The maximum Gasteiger partial charge on any atom is 0.219 e. The van der Waals surface area contributed by atoms with Gasteiger partial charge in [-0.2, -0.15) is 0 Å². The zero-order valence-electron chi connectivity index (χ0n) is 21.2. The first-order valence-corrected chi connectivity index (χ1v) is 12.8. The molecule has 0 unspecified atom stereocenters. The number of aromatic nitrogens is 1. The van der Waals surface area contributed by atoms with E-state index >= 15 is 0 Å². The molecule has 176 valence electrons. The minimum atomic E-state index is -0.131. The van der Waals surface area contributed by atoms with E-state index in [0.717, 1.165) is 42.8 Å². The summed E-state index contributed by atoms with van der Waals surface area (Å²) < 4.78 is 6.93. The van der Waals surface area contributed by atoms with Gasteiger partial charge in [-0.05, 0) is 61.4 Å². The van der Waals surface area contributed by atoms with Crippen LogP contribution in [-0.4, -0.2) is 28.4 Å². The van der Waals surface area contributed by atoms with E-state index in [9.17, 15) is 4.79 Å². The summed E-state index contributed by atoms with van der Waals surface area (Å²) in [7, 11) is 0. The van der Waals surface area contributed by atoms with Gasteiger partial charge in [0, 0.05) is 35.9 Å². The Bertz CT molecular complexity index is 1360. The van der Waals surface area contributed by atoms with Gasteiger partial charge in [-0.1, -0.05) is 51.1 Å². The number of aryl methyl sites for hydroxylation is 2. The molecule has 4 heteroatoms. The van der Waals surface area contributed by atoms with Crippen LogP contribution in [0.1, 0.15) is 73.7 Å². The molecule has 2 bridgehead atoms. The lowest BCUT2D eigenvalue weighted by atomic mass is 9.44. The molecule has 3 aromatic rings. The molecule has 1 amide bonds. The van der Waals surface area contributed by atoms with Crippen molar-refractivity contribution in [2.24, 2.45) is 5.41 Å². The monoisotopic (exact) mass is 454 g/mol. The first kappa shape index (κ1) is 21.6. The van der Waals surface area contributed by atoms with Crippen molar-refractivity contribution in [1.82, 2.24) is 9.88 Å². The van der Waals surface area contributed by atoms with Gasteiger partial charge in [0.15, 0.2) is 6.10 Å². The van der Waals surface area contributed by atoms with Crippen LogP contribution < -0.4 is 4.74 Å². The van der Waals surface area contributed by atoms with Crippen molar-refractivity contribution < 1.29 is 9.53 Å². The van der Waals surface area contributed by atoms with Crippen molar-refractivity contribution in [3.05, 3.63) is 69.9 Å². The number of piperidine rings is 1. The average molecular weight is 455 g/mol. The number of hydrogen-bond donors (Lipinski definition) is 0. The number of fused-ring (bicyclic) bond motifs is 3. The lowest BCUT2D eigenvalue weighted by Gasteiger charge is -2.64. The summed E-state index contributed by atoms with van der Waals surface area (Å²) in [6.45, 7) is 13.4. The first-order chi connectivity index (χ1) is 16.4. The smallest absolute Gasteiger partial charge is 0.219 e. The number of benzene rings is 2. The summed E-state index contributed by atoms with van der Waals surface area (Å²) in [4.78, 5) is 20.1. The second kappa shape index (κ2) is 7.07. The number of carbonyl (C=O) groups excluding carboxylic acids is 1. The Labute approximate surface area is 202 Å². The molecule has 0 saturated carbocycles. The molecule has 1 spiro atoms. The lowest BCUT2D eigenvalue weighted by Crippen LogP contribution is -2.69. The van der Waals surface area contributed by atoms with Gasteiger partial charge >= 0.3 is 0 Å². The van der Waals surface area contributed by atoms with Crippen LogP contribution in [0.5, 0.6) is 5.75 Å². The van der Waals surface area contributed by atoms with Crippen LogP contribution in [0.15, 0.2) is 36.4 Å². The molecule has 1 aromatic heterocycles. The number of hydrogen-bond acceptors (Lipinski definition) is 3. The van der Waals surface area contributed by atoms with Gasteiger partial charge in [0.05, 0.1) is 16.6 Å². The van der Waals surface area contributed by atoms with Crippen LogP contribution >= 0.6 is 0 Å². The molecule has 1 fully saturated rings. The largest absolute Gasteiger partial charge is 0.483 e. The molecule has 2 aromatic carbocycles. The molecule has 4 atom stereocenters. The third-order valence-corrected chi connectivity index (χ3v) is 9.37. The Hall–Kier alpha value is -2.88. The topological polar surface area (TPSA) is 42.4 Å². The molecule has 34 heavy (non-hydrogen) atoms. The Morgan fingerprint density at radius 2 is 1.91 bits per heavy atom. The molecule has 2 aliphatic carbocycles. The molecule has 4 nitrogen and oxygen atoms in total. The Kier molecular flexibility index (Phi) is 4.50. The summed E-state index contributed by atoms with van der Waals surface area (Å²) in [5, 5.41) is 1.22. The Morgan fingerprint density at radius 3 is 2.68 bits per heavy atom. The molecule has 4 aliphatic rings. The van der Waals surface area contributed by atoms with E-state index in [2.05, 4.69) is 62.1 Å². The van der Waals surface area contributed by atoms with Gasteiger partial charge in [-0.3, -0.25) is 4.79 Å². The predicted octanol–water partition coefficient (Wildman–Crippen LogP) is 5.99. The third kappa shape index (κ3) is 2.34. The number of pyridine rings is 1. The molecule has 0 radical (unpaired) electrons. The number of rotatable bonds is 0. The number of para-hydroxylation sites is 1.